The average molecular weight is 287 g/mol. The van der Waals surface area contributed by atoms with Gasteiger partial charge in [-0.25, -0.2) is 4.98 Å². The fourth-order valence-corrected chi connectivity index (χ4v) is 1.68. The fraction of sp³-hybridized carbons (Fsp3) is 0.455. The van der Waals surface area contributed by atoms with Gasteiger partial charge in [-0.2, -0.15) is 0 Å². The molecule has 0 spiro atoms. The summed E-state index contributed by atoms with van der Waals surface area (Å²) in [5, 5.41) is 0. The average Bonchev–Trinajstić information content (AvgIpc) is 2.25. The van der Waals surface area contributed by atoms with E-state index >= 15 is 0 Å². The third-order valence-corrected chi connectivity index (χ3v) is 2.63. The van der Waals surface area contributed by atoms with Crippen molar-refractivity contribution in [2.75, 3.05) is 21.2 Å². The highest BCUT2D eigenvalue weighted by atomic mass is 79.9. The number of hydrogen-bond donors (Lipinski definition) is 0. The van der Waals surface area contributed by atoms with Gasteiger partial charge in [0, 0.05) is 36.7 Å². The number of halogens is 1. The maximum atomic E-state index is 11.5. The Hall–Kier alpha value is -1.10. The second kappa shape index (κ2) is 5.84. The molecule has 1 aromatic rings. The first-order chi connectivity index (χ1) is 7.54. The molecule has 0 radical (unpaired) electrons. The van der Waals surface area contributed by atoms with Gasteiger partial charge in [0.1, 0.15) is 0 Å². The summed E-state index contributed by atoms with van der Waals surface area (Å²) in [6, 6.07) is 1.93. The Balaban J connectivity index is 2.72. The van der Waals surface area contributed by atoms with E-state index in [4.69, 9.17) is 4.74 Å². The fourth-order valence-electron chi connectivity index (χ4n) is 1.30. The highest BCUT2D eigenvalue weighted by Gasteiger charge is 2.09. The zero-order valence-corrected chi connectivity index (χ0v) is 11.2. The number of nitrogens with zero attached hydrogens (tertiary/aromatic N) is 2. The van der Waals surface area contributed by atoms with Crippen LogP contribution in [0.5, 0.6) is 5.88 Å². The zero-order valence-electron chi connectivity index (χ0n) is 9.66. The van der Waals surface area contributed by atoms with Crippen molar-refractivity contribution in [1.82, 2.24) is 9.88 Å². The largest absolute Gasteiger partial charge is 0.481 e. The maximum absolute atomic E-state index is 11.5. The molecule has 1 aromatic heterocycles. The predicted octanol–water partition coefficient (Wildman–Crippen LogP) is 1.87. The lowest BCUT2D eigenvalue weighted by molar-refractivity contribution is -0.128. The van der Waals surface area contributed by atoms with E-state index in [1.54, 1.807) is 32.3 Å². The number of methoxy groups -OCH3 is 1. The van der Waals surface area contributed by atoms with E-state index in [1.807, 2.05) is 6.07 Å². The third kappa shape index (κ3) is 3.48. The Morgan fingerprint density at radius 2 is 2.25 bits per heavy atom. The summed E-state index contributed by atoms with van der Waals surface area (Å²) in [4.78, 5) is 17.2. The molecule has 16 heavy (non-hydrogen) atoms. The molecular formula is C11H15BrN2O2. The standard InChI is InChI=1S/C11H15BrN2O2/c1-14(2)10(15)5-4-8-6-9(12)7-13-11(8)16-3/h6-7H,4-5H2,1-3H3. The molecule has 4 nitrogen and oxygen atoms in total. The minimum atomic E-state index is 0.0991. The molecule has 1 heterocycles. The van der Waals surface area contributed by atoms with Crippen molar-refractivity contribution in [2.45, 2.75) is 12.8 Å². The first-order valence-electron chi connectivity index (χ1n) is 4.93. The van der Waals surface area contributed by atoms with Gasteiger partial charge in [0.2, 0.25) is 11.8 Å². The lowest BCUT2D eigenvalue weighted by Crippen LogP contribution is -2.21. The van der Waals surface area contributed by atoms with Crippen LogP contribution in [0.1, 0.15) is 12.0 Å². The van der Waals surface area contributed by atoms with Crippen LogP contribution in [-0.2, 0) is 11.2 Å². The SMILES string of the molecule is COc1ncc(Br)cc1CCC(=O)N(C)C. The van der Waals surface area contributed by atoms with E-state index in [0.29, 0.717) is 18.7 Å². The van der Waals surface area contributed by atoms with Crippen LogP contribution < -0.4 is 4.74 Å². The molecule has 0 aliphatic carbocycles. The van der Waals surface area contributed by atoms with Crippen molar-refractivity contribution >= 4 is 21.8 Å². The normalized spacial score (nSPS) is 10.0. The van der Waals surface area contributed by atoms with Crippen molar-refractivity contribution in [1.29, 1.82) is 0 Å². The van der Waals surface area contributed by atoms with Crippen LogP contribution in [0.4, 0.5) is 0 Å². The Bertz CT molecular complexity index is 380. The molecule has 1 amide bonds. The summed E-state index contributed by atoms with van der Waals surface area (Å²) in [6.07, 6.45) is 2.77. The van der Waals surface area contributed by atoms with E-state index in [1.165, 1.54) is 0 Å². The summed E-state index contributed by atoms with van der Waals surface area (Å²) in [5.74, 6) is 0.678. The van der Waals surface area contributed by atoms with Gasteiger partial charge in [0.15, 0.2) is 0 Å². The molecule has 0 aromatic carbocycles. The van der Waals surface area contributed by atoms with Gasteiger partial charge in [0.25, 0.3) is 0 Å². The number of hydrogen-bond acceptors (Lipinski definition) is 3. The van der Waals surface area contributed by atoms with Gasteiger partial charge in [-0.15, -0.1) is 0 Å². The van der Waals surface area contributed by atoms with Crippen LogP contribution in [0.25, 0.3) is 0 Å². The number of ether oxygens (including phenoxy) is 1. The molecular weight excluding hydrogens is 272 g/mol. The van der Waals surface area contributed by atoms with Crippen LogP contribution in [0.2, 0.25) is 0 Å². The third-order valence-electron chi connectivity index (χ3n) is 2.19. The van der Waals surface area contributed by atoms with Crippen molar-refractivity contribution in [2.24, 2.45) is 0 Å². The first kappa shape index (κ1) is 13.0. The second-order valence-corrected chi connectivity index (χ2v) is 4.53. The molecule has 0 saturated carbocycles. The highest BCUT2D eigenvalue weighted by molar-refractivity contribution is 9.10. The topological polar surface area (TPSA) is 42.4 Å². The lowest BCUT2D eigenvalue weighted by Gasteiger charge is -2.11. The van der Waals surface area contributed by atoms with Gasteiger partial charge in [-0.3, -0.25) is 4.79 Å². The lowest BCUT2D eigenvalue weighted by atomic mass is 10.1. The Morgan fingerprint density at radius 1 is 1.56 bits per heavy atom. The van der Waals surface area contributed by atoms with Crippen LogP contribution in [0.3, 0.4) is 0 Å². The van der Waals surface area contributed by atoms with Crippen LogP contribution in [-0.4, -0.2) is 37.0 Å². The van der Waals surface area contributed by atoms with Crippen LogP contribution >= 0.6 is 15.9 Å². The molecule has 0 aliphatic rings. The van der Waals surface area contributed by atoms with E-state index in [-0.39, 0.29) is 5.91 Å². The molecule has 0 bridgehead atoms. The molecule has 0 N–H and O–H groups in total. The van der Waals surface area contributed by atoms with Crippen LogP contribution in [0, 0.1) is 0 Å². The van der Waals surface area contributed by atoms with Gasteiger partial charge in [-0.1, -0.05) is 0 Å². The molecule has 0 saturated heterocycles. The van der Waals surface area contributed by atoms with Crippen molar-refractivity contribution in [3.63, 3.8) is 0 Å². The monoisotopic (exact) mass is 286 g/mol. The number of rotatable bonds is 4. The van der Waals surface area contributed by atoms with Gasteiger partial charge in [-0.05, 0) is 28.4 Å². The van der Waals surface area contributed by atoms with Gasteiger partial charge < -0.3 is 9.64 Å². The Morgan fingerprint density at radius 3 is 2.81 bits per heavy atom. The number of carbonyl (C=O) groups is 1. The smallest absolute Gasteiger partial charge is 0.222 e. The molecule has 0 unspecified atom stereocenters. The highest BCUT2D eigenvalue weighted by Crippen LogP contribution is 2.21. The molecule has 0 aliphatic heterocycles. The van der Waals surface area contributed by atoms with Gasteiger partial charge >= 0.3 is 0 Å². The minimum Gasteiger partial charge on any atom is -0.481 e. The number of aromatic nitrogens is 1. The van der Waals surface area contributed by atoms with E-state index < -0.39 is 0 Å². The van der Waals surface area contributed by atoms with Crippen LogP contribution in [0.15, 0.2) is 16.7 Å². The van der Waals surface area contributed by atoms with Crippen molar-refractivity contribution < 1.29 is 9.53 Å². The van der Waals surface area contributed by atoms with E-state index in [0.717, 1.165) is 10.0 Å². The number of carbonyl (C=O) groups excluding carboxylic acids is 1. The maximum Gasteiger partial charge on any atom is 0.222 e. The number of amides is 1. The van der Waals surface area contributed by atoms with Gasteiger partial charge in [0.05, 0.1) is 7.11 Å². The Labute approximate surface area is 104 Å². The van der Waals surface area contributed by atoms with Crippen molar-refractivity contribution in [3.8, 4) is 5.88 Å². The molecule has 0 atom stereocenters. The number of aryl methyl sites for hydroxylation is 1. The molecule has 0 fully saturated rings. The van der Waals surface area contributed by atoms with E-state index in [9.17, 15) is 4.79 Å². The summed E-state index contributed by atoms with van der Waals surface area (Å²) in [5.41, 5.74) is 0.937. The molecule has 5 heteroatoms. The second-order valence-electron chi connectivity index (χ2n) is 3.61. The summed E-state index contributed by atoms with van der Waals surface area (Å²) >= 11 is 3.35. The van der Waals surface area contributed by atoms with E-state index in [2.05, 4.69) is 20.9 Å². The zero-order chi connectivity index (χ0) is 12.1. The summed E-state index contributed by atoms with van der Waals surface area (Å²) in [6.45, 7) is 0. The quantitative estimate of drug-likeness (QED) is 0.849. The molecule has 88 valence electrons. The minimum absolute atomic E-state index is 0.0991. The molecule has 1 rings (SSSR count). The summed E-state index contributed by atoms with van der Waals surface area (Å²) in [7, 11) is 5.07. The Kier molecular flexibility index (Phi) is 4.73. The number of pyridine rings is 1. The first-order valence-corrected chi connectivity index (χ1v) is 5.72. The predicted molar refractivity (Wildman–Crippen MR) is 65.5 cm³/mol. The van der Waals surface area contributed by atoms with Crippen molar-refractivity contribution in [3.05, 3.63) is 22.3 Å². The summed E-state index contributed by atoms with van der Waals surface area (Å²) < 4.78 is 6.03.